The van der Waals surface area contributed by atoms with Gasteiger partial charge in [-0.25, -0.2) is 4.98 Å². The van der Waals surface area contributed by atoms with Gasteiger partial charge >= 0.3 is 0 Å². The lowest BCUT2D eigenvalue weighted by atomic mass is 10.1. The van der Waals surface area contributed by atoms with Crippen LogP contribution in [0.3, 0.4) is 0 Å². The zero-order valence-corrected chi connectivity index (χ0v) is 13.4. The second-order valence-electron chi connectivity index (χ2n) is 6.32. The normalized spacial score (nSPS) is 17.7. The van der Waals surface area contributed by atoms with E-state index < -0.39 is 0 Å². The number of pyridine rings is 1. The topological polar surface area (TPSA) is 54.9 Å². The summed E-state index contributed by atoms with van der Waals surface area (Å²) in [7, 11) is 0. The Balaban J connectivity index is 1.54. The predicted molar refractivity (Wildman–Crippen MR) is 86.8 cm³/mol. The molecule has 1 amide bonds. The summed E-state index contributed by atoms with van der Waals surface area (Å²) in [6.45, 7) is 1.90. The third-order valence-electron chi connectivity index (χ3n) is 4.44. The first kappa shape index (κ1) is 13.9. The minimum atomic E-state index is 0.0426. The van der Waals surface area contributed by atoms with Gasteiger partial charge in [0.25, 0.3) is 5.91 Å². The van der Waals surface area contributed by atoms with Crippen molar-refractivity contribution in [3.05, 3.63) is 35.0 Å². The second-order valence-corrected chi connectivity index (χ2v) is 7.32. The van der Waals surface area contributed by atoms with Crippen LogP contribution in [-0.2, 0) is 0 Å². The molecular formula is C17H19N3OS. The van der Waals surface area contributed by atoms with Gasteiger partial charge in [0.15, 0.2) is 0 Å². The van der Waals surface area contributed by atoms with E-state index in [2.05, 4.69) is 15.3 Å². The fourth-order valence-electron chi connectivity index (χ4n) is 2.95. The van der Waals surface area contributed by atoms with Crippen LogP contribution < -0.4 is 5.32 Å². The highest BCUT2D eigenvalue weighted by molar-refractivity contribution is 7.17. The largest absolute Gasteiger partial charge is 0.348 e. The molecule has 0 bridgehead atoms. The average molecular weight is 313 g/mol. The highest BCUT2D eigenvalue weighted by Crippen LogP contribution is 2.44. The number of hydrogen-bond donors (Lipinski definition) is 1. The van der Waals surface area contributed by atoms with E-state index in [9.17, 15) is 4.79 Å². The molecule has 2 aromatic heterocycles. The molecule has 0 aromatic carbocycles. The molecule has 2 saturated carbocycles. The SMILES string of the molecule is Cc1nc(-c2ccccn2)sc1C(=O)NC(C1CC1)C1CC1. The van der Waals surface area contributed by atoms with Crippen LogP contribution in [0.1, 0.15) is 41.0 Å². The van der Waals surface area contributed by atoms with Crippen molar-refractivity contribution in [2.75, 3.05) is 0 Å². The van der Waals surface area contributed by atoms with Crippen molar-refractivity contribution >= 4 is 17.2 Å². The first-order valence-electron chi connectivity index (χ1n) is 7.92. The summed E-state index contributed by atoms with van der Waals surface area (Å²) in [5, 5.41) is 4.09. The Hall–Kier alpha value is -1.75. The highest BCUT2D eigenvalue weighted by Gasteiger charge is 2.42. The van der Waals surface area contributed by atoms with Crippen molar-refractivity contribution in [1.29, 1.82) is 0 Å². The third kappa shape index (κ3) is 2.77. The van der Waals surface area contributed by atoms with E-state index in [0.717, 1.165) is 21.3 Å². The van der Waals surface area contributed by atoms with Crippen molar-refractivity contribution in [3.63, 3.8) is 0 Å². The van der Waals surface area contributed by atoms with Gasteiger partial charge in [0.05, 0.1) is 11.4 Å². The van der Waals surface area contributed by atoms with Crippen molar-refractivity contribution in [3.8, 4) is 10.7 Å². The number of amides is 1. The van der Waals surface area contributed by atoms with E-state index in [4.69, 9.17) is 0 Å². The number of hydrogen-bond acceptors (Lipinski definition) is 4. The first-order valence-corrected chi connectivity index (χ1v) is 8.73. The Bertz CT molecular complexity index is 677. The Morgan fingerprint density at radius 1 is 1.27 bits per heavy atom. The summed E-state index contributed by atoms with van der Waals surface area (Å²) in [4.78, 5) is 22.2. The van der Waals surface area contributed by atoms with Crippen LogP contribution >= 0.6 is 11.3 Å². The Labute approximate surface area is 134 Å². The van der Waals surface area contributed by atoms with Gasteiger partial charge in [-0.1, -0.05) is 6.07 Å². The molecule has 0 saturated heterocycles. The van der Waals surface area contributed by atoms with Crippen molar-refractivity contribution in [2.45, 2.75) is 38.6 Å². The number of carbonyl (C=O) groups is 1. The van der Waals surface area contributed by atoms with Gasteiger partial charge in [0.2, 0.25) is 0 Å². The van der Waals surface area contributed by atoms with E-state index in [1.165, 1.54) is 37.0 Å². The lowest BCUT2D eigenvalue weighted by Gasteiger charge is -2.17. The number of aromatic nitrogens is 2. The molecule has 0 aliphatic heterocycles. The molecule has 0 radical (unpaired) electrons. The van der Waals surface area contributed by atoms with Gasteiger partial charge in [-0.15, -0.1) is 11.3 Å². The molecule has 2 aliphatic rings. The molecule has 2 fully saturated rings. The number of thiazole rings is 1. The maximum atomic E-state index is 12.6. The first-order chi connectivity index (χ1) is 10.7. The van der Waals surface area contributed by atoms with Gasteiger partial charge in [0.1, 0.15) is 9.88 Å². The van der Waals surface area contributed by atoms with Crippen molar-refractivity contribution in [2.24, 2.45) is 11.8 Å². The molecule has 4 nitrogen and oxygen atoms in total. The summed E-state index contributed by atoms with van der Waals surface area (Å²) >= 11 is 1.44. The molecule has 0 unspecified atom stereocenters. The fourth-order valence-corrected chi connectivity index (χ4v) is 3.90. The standard InChI is InChI=1S/C17H19N3OS/c1-10-15(22-17(19-10)13-4-2-3-9-18-13)16(21)20-14(11-5-6-11)12-7-8-12/h2-4,9,11-12,14H,5-8H2,1H3,(H,20,21). The van der Waals surface area contributed by atoms with Crippen LogP contribution in [0.15, 0.2) is 24.4 Å². The number of aryl methyl sites for hydroxylation is 1. The van der Waals surface area contributed by atoms with Crippen LogP contribution in [-0.4, -0.2) is 21.9 Å². The molecule has 0 spiro atoms. The number of carbonyl (C=O) groups excluding carboxylic acids is 1. The van der Waals surface area contributed by atoms with Gasteiger partial charge in [-0.2, -0.15) is 0 Å². The number of nitrogens with zero attached hydrogens (tertiary/aromatic N) is 2. The van der Waals surface area contributed by atoms with E-state index in [0.29, 0.717) is 17.9 Å². The molecule has 4 rings (SSSR count). The van der Waals surface area contributed by atoms with E-state index in [-0.39, 0.29) is 5.91 Å². The number of nitrogens with one attached hydrogen (secondary N) is 1. The van der Waals surface area contributed by atoms with E-state index >= 15 is 0 Å². The van der Waals surface area contributed by atoms with Crippen LogP contribution in [0.5, 0.6) is 0 Å². The Morgan fingerprint density at radius 2 is 2.00 bits per heavy atom. The fraction of sp³-hybridized carbons (Fsp3) is 0.471. The van der Waals surface area contributed by atoms with Crippen molar-refractivity contribution < 1.29 is 4.79 Å². The molecule has 2 aliphatic carbocycles. The lowest BCUT2D eigenvalue weighted by molar-refractivity contribution is 0.0929. The zero-order chi connectivity index (χ0) is 15.1. The smallest absolute Gasteiger partial charge is 0.263 e. The Morgan fingerprint density at radius 3 is 2.59 bits per heavy atom. The molecule has 1 N–H and O–H groups in total. The van der Waals surface area contributed by atoms with E-state index in [1.54, 1.807) is 6.20 Å². The highest BCUT2D eigenvalue weighted by atomic mass is 32.1. The van der Waals surface area contributed by atoms with Crippen LogP contribution in [0.4, 0.5) is 0 Å². The van der Waals surface area contributed by atoms with Gasteiger partial charge in [-0.05, 0) is 56.6 Å². The molecule has 2 heterocycles. The maximum absolute atomic E-state index is 12.6. The lowest BCUT2D eigenvalue weighted by Crippen LogP contribution is -2.38. The summed E-state index contributed by atoms with van der Waals surface area (Å²) < 4.78 is 0. The molecule has 22 heavy (non-hydrogen) atoms. The van der Waals surface area contributed by atoms with Gasteiger partial charge < -0.3 is 5.32 Å². The van der Waals surface area contributed by atoms with Crippen LogP contribution in [0, 0.1) is 18.8 Å². The summed E-state index contributed by atoms with van der Waals surface area (Å²) in [6, 6.07) is 6.13. The van der Waals surface area contributed by atoms with Gasteiger partial charge in [-0.3, -0.25) is 9.78 Å². The molecule has 5 heteroatoms. The minimum absolute atomic E-state index is 0.0426. The second kappa shape index (κ2) is 5.47. The summed E-state index contributed by atoms with van der Waals surface area (Å²) in [6.07, 6.45) is 6.82. The third-order valence-corrected chi connectivity index (χ3v) is 5.62. The van der Waals surface area contributed by atoms with E-state index in [1.807, 2.05) is 25.1 Å². The summed E-state index contributed by atoms with van der Waals surface area (Å²) in [5.41, 5.74) is 1.63. The van der Waals surface area contributed by atoms with Crippen LogP contribution in [0.2, 0.25) is 0 Å². The van der Waals surface area contributed by atoms with Crippen LogP contribution in [0.25, 0.3) is 10.7 Å². The molecule has 114 valence electrons. The Kier molecular flexibility index (Phi) is 3.45. The quantitative estimate of drug-likeness (QED) is 0.920. The van der Waals surface area contributed by atoms with Crippen molar-refractivity contribution in [1.82, 2.24) is 15.3 Å². The maximum Gasteiger partial charge on any atom is 0.263 e. The number of rotatable bonds is 5. The average Bonchev–Trinajstić information content (AvgIpc) is 3.44. The molecule has 2 aromatic rings. The molecule has 0 atom stereocenters. The summed E-state index contributed by atoms with van der Waals surface area (Å²) in [5.74, 6) is 1.46. The zero-order valence-electron chi connectivity index (χ0n) is 12.6. The predicted octanol–water partition coefficient (Wildman–Crippen LogP) is 3.43. The minimum Gasteiger partial charge on any atom is -0.348 e. The van der Waals surface area contributed by atoms with Gasteiger partial charge in [0, 0.05) is 12.2 Å². The molecular weight excluding hydrogens is 294 g/mol. The monoisotopic (exact) mass is 313 g/mol.